The van der Waals surface area contributed by atoms with E-state index < -0.39 is 10.0 Å². The van der Waals surface area contributed by atoms with E-state index >= 15 is 0 Å². The predicted molar refractivity (Wildman–Crippen MR) is 85.3 cm³/mol. The first-order chi connectivity index (χ1) is 9.51. The van der Waals surface area contributed by atoms with Gasteiger partial charge in [-0.2, -0.15) is 0 Å². The highest BCUT2D eigenvalue weighted by Gasteiger charge is 2.15. The zero-order chi connectivity index (χ0) is 14.6. The Labute approximate surface area is 131 Å². The Morgan fingerprint density at radius 1 is 1.20 bits per heavy atom. The lowest BCUT2D eigenvalue weighted by molar-refractivity contribution is 0.581. The van der Waals surface area contributed by atoms with Gasteiger partial charge in [-0.25, -0.2) is 13.1 Å². The van der Waals surface area contributed by atoms with Crippen LogP contribution < -0.4 is 10.0 Å². The van der Waals surface area contributed by atoms with Gasteiger partial charge in [-0.05, 0) is 30.8 Å². The summed E-state index contributed by atoms with van der Waals surface area (Å²) in [6, 6.07) is 9.24. The Bertz CT molecular complexity index is 666. The summed E-state index contributed by atoms with van der Waals surface area (Å²) in [5, 5.41) is 4.67. The van der Waals surface area contributed by atoms with Gasteiger partial charge in [0.15, 0.2) is 0 Å². The number of hydrogen-bond acceptors (Lipinski definition) is 4. The molecule has 0 saturated carbocycles. The molecule has 0 aliphatic rings. The van der Waals surface area contributed by atoms with E-state index in [4.69, 9.17) is 0 Å². The zero-order valence-corrected chi connectivity index (χ0v) is 14.1. The fourth-order valence-electron chi connectivity index (χ4n) is 1.63. The average Bonchev–Trinajstić information content (AvgIpc) is 2.88. The lowest BCUT2D eigenvalue weighted by Gasteiger charge is -2.05. The van der Waals surface area contributed by atoms with E-state index in [1.165, 1.54) is 11.3 Å². The van der Waals surface area contributed by atoms with E-state index in [2.05, 4.69) is 26.0 Å². The maximum absolute atomic E-state index is 12.2. The summed E-state index contributed by atoms with van der Waals surface area (Å²) < 4.78 is 27.9. The normalized spacial score (nSPS) is 11.7. The van der Waals surface area contributed by atoms with E-state index in [1.54, 1.807) is 11.4 Å². The second-order valence-electron chi connectivity index (χ2n) is 4.23. The van der Waals surface area contributed by atoms with Gasteiger partial charge in [0.2, 0.25) is 10.0 Å². The van der Waals surface area contributed by atoms with Crippen LogP contribution in [0.5, 0.6) is 0 Å². The molecule has 1 aromatic heterocycles. The third kappa shape index (κ3) is 4.13. The van der Waals surface area contributed by atoms with Crippen LogP contribution in [0.3, 0.4) is 0 Å². The van der Waals surface area contributed by atoms with E-state index in [0.717, 1.165) is 14.9 Å². The molecule has 0 saturated heterocycles. The van der Waals surface area contributed by atoms with Crippen molar-refractivity contribution in [3.05, 3.63) is 50.6 Å². The van der Waals surface area contributed by atoms with Gasteiger partial charge in [-0.3, -0.25) is 0 Å². The number of rotatable bonds is 6. The molecular formula is C13H15BrN2O2S2. The van der Waals surface area contributed by atoms with E-state index in [1.807, 2.05) is 31.3 Å². The molecule has 2 N–H and O–H groups in total. The second-order valence-corrected chi connectivity index (χ2v) is 7.91. The molecule has 20 heavy (non-hydrogen) atoms. The number of hydrogen-bond donors (Lipinski definition) is 2. The van der Waals surface area contributed by atoms with Crippen molar-refractivity contribution in [2.75, 3.05) is 7.05 Å². The van der Waals surface area contributed by atoms with Gasteiger partial charge in [0.25, 0.3) is 0 Å². The van der Waals surface area contributed by atoms with E-state index in [9.17, 15) is 8.42 Å². The number of halogens is 1. The summed E-state index contributed by atoms with van der Waals surface area (Å²) in [7, 11) is -1.61. The minimum atomic E-state index is -3.45. The number of thiophene rings is 1. The van der Waals surface area contributed by atoms with Crippen LogP contribution in [0.2, 0.25) is 0 Å². The minimum Gasteiger partial charge on any atom is -0.315 e. The van der Waals surface area contributed by atoms with Crippen molar-refractivity contribution in [3.8, 4) is 0 Å². The molecule has 2 rings (SSSR count). The van der Waals surface area contributed by atoms with Gasteiger partial charge < -0.3 is 5.32 Å². The standard InChI is InChI=1S/C13H15BrN2O2S2/c1-15-8-12-6-13(9-19-12)20(17,18)16-7-10-2-4-11(14)5-3-10/h2-6,9,15-16H,7-8H2,1H3. The molecule has 4 nitrogen and oxygen atoms in total. The highest BCUT2D eigenvalue weighted by Crippen LogP contribution is 2.19. The van der Waals surface area contributed by atoms with Gasteiger partial charge in [0.05, 0.1) is 4.90 Å². The number of sulfonamides is 1. The number of benzene rings is 1. The highest BCUT2D eigenvalue weighted by molar-refractivity contribution is 9.10. The first kappa shape index (κ1) is 15.7. The molecule has 0 aliphatic carbocycles. The van der Waals surface area contributed by atoms with Crippen LogP contribution in [0.15, 0.2) is 45.1 Å². The molecule has 0 fully saturated rings. The minimum absolute atomic E-state index is 0.285. The average molecular weight is 375 g/mol. The second kappa shape index (κ2) is 6.82. The molecule has 1 aromatic carbocycles. The van der Waals surface area contributed by atoms with Crippen LogP contribution in [0.25, 0.3) is 0 Å². The van der Waals surface area contributed by atoms with Crippen molar-refractivity contribution >= 4 is 37.3 Å². The molecule has 7 heteroatoms. The number of nitrogens with one attached hydrogen (secondary N) is 2. The topological polar surface area (TPSA) is 58.2 Å². The fourth-order valence-corrected chi connectivity index (χ4v) is 4.20. The van der Waals surface area contributed by atoms with Crippen molar-refractivity contribution in [2.45, 2.75) is 18.0 Å². The van der Waals surface area contributed by atoms with Crippen LogP contribution >= 0.6 is 27.3 Å². The molecule has 2 aromatic rings. The molecule has 108 valence electrons. The van der Waals surface area contributed by atoms with Crippen LogP contribution in [0.4, 0.5) is 0 Å². The van der Waals surface area contributed by atoms with Crippen molar-refractivity contribution < 1.29 is 8.42 Å². The lowest BCUT2D eigenvalue weighted by atomic mass is 10.2. The fraction of sp³-hybridized carbons (Fsp3) is 0.231. The van der Waals surface area contributed by atoms with Gasteiger partial charge in [-0.15, -0.1) is 11.3 Å². The predicted octanol–water partition coefficient (Wildman–Crippen LogP) is 2.71. The maximum Gasteiger partial charge on any atom is 0.241 e. The maximum atomic E-state index is 12.2. The van der Waals surface area contributed by atoms with Crippen molar-refractivity contribution in [1.82, 2.24) is 10.0 Å². The Balaban J connectivity index is 2.04. The largest absolute Gasteiger partial charge is 0.315 e. The van der Waals surface area contributed by atoms with Crippen molar-refractivity contribution in [2.24, 2.45) is 0 Å². The molecule has 0 atom stereocenters. The molecular weight excluding hydrogens is 360 g/mol. The summed E-state index contributed by atoms with van der Waals surface area (Å²) in [5.74, 6) is 0. The van der Waals surface area contributed by atoms with Crippen LogP contribution in [-0.4, -0.2) is 15.5 Å². The summed E-state index contributed by atoms with van der Waals surface area (Å²) in [4.78, 5) is 1.32. The van der Waals surface area contributed by atoms with Crippen molar-refractivity contribution in [3.63, 3.8) is 0 Å². The molecule has 0 unspecified atom stereocenters. The SMILES string of the molecule is CNCc1cc(S(=O)(=O)NCc2ccc(Br)cc2)cs1. The van der Waals surface area contributed by atoms with E-state index in [0.29, 0.717) is 11.4 Å². The Morgan fingerprint density at radius 2 is 1.90 bits per heavy atom. The highest BCUT2D eigenvalue weighted by atomic mass is 79.9. The van der Waals surface area contributed by atoms with Gasteiger partial charge >= 0.3 is 0 Å². The Hall–Kier alpha value is -0.730. The van der Waals surface area contributed by atoms with Crippen molar-refractivity contribution in [1.29, 1.82) is 0 Å². The van der Waals surface area contributed by atoms with Crippen LogP contribution in [0.1, 0.15) is 10.4 Å². The van der Waals surface area contributed by atoms with Crippen LogP contribution in [-0.2, 0) is 23.1 Å². The molecule has 0 spiro atoms. The molecule has 1 heterocycles. The Kier molecular flexibility index (Phi) is 5.34. The molecule has 0 bridgehead atoms. The molecule has 0 amide bonds. The molecule has 0 radical (unpaired) electrons. The first-order valence-corrected chi connectivity index (χ1v) is 9.13. The van der Waals surface area contributed by atoms with Gasteiger partial charge in [-0.1, -0.05) is 28.1 Å². The van der Waals surface area contributed by atoms with Gasteiger partial charge in [0.1, 0.15) is 0 Å². The van der Waals surface area contributed by atoms with Crippen LogP contribution in [0, 0.1) is 0 Å². The summed E-state index contributed by atoms with van der Waals surface area (Å²) in [6.07, 6.45) is 0. The van der Waals surface area contributed by atoms with Gasteiger partial charge in [0, 0.05) is 27.8 Å². The zero-order valence-electron chi connectivity index (χ0n) is 10.9. The smallest absolute Gasteiger partial charge is 0.241 e. The third-order valence-corrected chi connectivity index (χ3v) is 5.67. The molecule has 0 aliphatic heterocycles. The first-order valence-electron chi connectivity index (χ1n) is 5.97. The quantitative estimate of drug-likeness (QED) is 0.816. The monoisotopic (exact) mass is 374 g/mol. The van der Waals surface area contributed by atoms with E-state index in [-0.39, 0.29) is 6.54 Å². The summed E-state index contributed by atoms with van der Waals surface area (Å²) in [6.45, 7) is 0.958. The summed E-state index contributed by atoms with van der Waals surface area (Å²) >= 11 is 4.78. The Morgan fingerprint density at radius 3 is 2.55 bits per heavy atom. The lowest BCUT2D eigenvalue weighted by Crippen LogP contribution is -2.22. The summed E-state index contributed by atoms with van der Waals surface area (Å²) in [5.41, 5.74) is 0.919. The third-order valence-electron chi connectivity index (χ3n) is 2.67.